The van der Waals surface area contributed by atoms with Gasteiger partial charge in [0.1, 0.15) is 0 Å². The summed E-state index contributed by atoms with van der Waals surface area (Å²) in [6.07, 6.45) is 0. The van der Waals surface area contributed by atoms with E-state index in [0.29, 0.717) is 0 Å². The first-order chi connectivity index (χ1) is 0. The van der Waals surface area contributed by atoms with Crippen LogP contribution in [0, 0.1) is 0 Å². The van der Waals surface area contributed by atoms with Gasteiger partial charge in [0.25, 0.3) is 0 Å². The fraction of sp³-hybridized carbons (Fsp3) is 0. The molecular formula is H11Br3Cl5P. The lowest BCUT2D eigenvalue weighted by Crippen LogP contribution is 0.688. The molecule has 0 aliphatic carbocycles. The molecule has 72 valence electrons. The molecule has 0 rings (SSSR count). The largest absolute Gasteiger partial charge is 0.153 e. The monoisotopic (exact) mass is 454 g/mol. The third kappa shape index (κ3) is 89.2. The maximum Gasteiger partial charge on any atom is -0.114 e. The molecule has 0 aliphatic rings. The summed E-state index contributed by atoms with van der Waals surface area (Å²) >= 11 is 0. The van der Waals surface area contributed by atoms with Crippen molar-refractivity contribution < 1.29 is 0 Å². The highest BCUT2D eigenvalue weighted by Gasteiger charge is -0.111. The van der Waals surface area contributed by atoms with Gasteiger partial charge in [-0.25, -0.2) is 0 Å². The number of hydrogen-bond donors (Lipinski definition) is 0. The molecule has 0 saturated carbocycles. The van der Waals surface area contributed by atoms with Gasteiger partial charge >= 0.3 is 0 Å². The van der Waals surface area contributed by atoms with Crippen LogP contribution in [-0.4, -0.2) is 0 Å². The standard InChI is InChI=1S/3BrH.5ClH.H3P/h8*1H;1H3. The zero-order valence-electron chi connectivity index (χ0n) is 3.97. The Balaban J connectivity index is 0. The molecule has 9 heavy (non-hydrogen) atoms. The minimum atomic E-state index is 0. The molecule has 0 N–H and O–H groups in total. The molecule has 0 aromatic heterocycles. The third-order valence-electron chi connectivity index (χ3n) is 0. The highest BCUT2D eigenvalue weighted by atomic mass is 79.9. The Morgan fingerprint density at radius 2 is 0.333 bits per heavy atom. The first-order valence-corrected chi connectivity index (χ1v) is 0. The van der Waals surface area contributed by atoms with Crippen molar-refractivity contribution >= 4 is 123 Å². The molecule has 0 aromatic rings. The van der Waals surface area contributed by atoms with Gasteiger partial charge in [-0.1, -0.05) is 0 Å². The van der Waals surface area contributed by atoms with Crippen LogP contribution in [0.3, 0.4) is 0 Å². The molecule has 1 unspecified atom stereocenters. The van der Waals surface area contributed by atoms with Gasteiger partial charge in [0.2, 0.25) is 0 Å². The van der Waals surface area contributed by atoms with Gasteiger partial charge < -0.3 is 0 Å². The molecule has 0 aromatic carbocycles. The fourth-order valence-electron chi connectivity index (χ4n) is 0. The Kier molecular flexibility index (Phi) is 1740. The Morgan fingerprint density at radius 3 is 0.333 bits per heavy atom. The number of halogens is 8. The average Bonchev–Trinajstić information content (AvgIpc) is 0. The lowest BCUT2D eigenvalue weighted by atomic mass is 31.0. The number of hydrogen-bond acceptors (Lipinski definition) is 0. The molecule has 0 heterocycles. The summed E-state index contributed by atoms with van der Waals surface area (Å²) in [5.74, 6) is 0. The van der Waals surface area contributed by atoms with Gasteiger partial charge in [0, 0.05) is 0 Å². The van der Waals surface area contributed by atoms with E-state index in [2.05, 4.69) is 0 Å². The summed E-state index contributed by atoms with van der Waals surface area (Å²) in [5.41, 5.74) is 0. The highest BCUT2D eigenvalue weighted by molar-refractivity contribution is 8.93. The van der Waals surface area contributed by atoms with Crippen molar-refractivity contribution in [3.05, 3.63) is 0 Å². The summed E-state index contributed by atoms with van der Waals surface area (Å²) in [7, 11) is 0. The molecule has 1 atom stereocenters. The lowest BCUT2D eigenvalue weighted by Gasteiger charge is -0.154. The van der Waals surface area contributed by atoms with E-state index in [-0.39, 0.29) is 123 Å². The quantitative estimate of drug-likeness (QED) is 0.483. The molecule has 0 amide bonds. The van der Waals surface area contributed by atoms with Crippen LogP contribution in [0.5, 0.6) is 0 Å². The minimum Gasteiger partial charge on any atom is -0.153 e. The predicted molar refractivity (Wildman–Crippen MR) is 78.3 cm³/mol. The molecule has 0 fully saturated rings. The van der Waals surface area contributed by atoms with Crippen LogP contribution in [0.15, 0.2) is 0 Å². The second-order valence-corrected chi connectivity index (χ2v) is 0. The van der Waals surface area contributed by atoms with E-state index >= 15 is 0 Å². The van der Waals surface area contributed by atoms with E-state index in [9.17, 15) is 0 Å². The van der Waals surface area contributed by atoms with Gasteiger partial charge in [0.15, 0.2) is 0 Å². The van der Waals surface area contributed by atoms with Gasteiger partial charge in [-0.3, -0.25) is 0 Å². The molecule has 0 nitrogen and oxygen atoms in total. The average molecular weight is 459 g/mol. The van der Waals surface area contributed by atoms with Gasteiger partial charge in [-0.2, -0.15) is 9.90 Å². The Labute approximate surface area is 121 Å². The Bertz CT molecular complexity index is 12.2. The predicted octanol–water partition coefficient (Wildman–Crippen LogP) is 3.90. The van der Waals surface area contributed by atoms with Crippen molar-refractivity contribution in [2.45, 2.75) is 0 Å². The van der Waals surface area contributed by atoms with E-state index in [4.69, 9.17) is 0 Å². The Hall–Kier alpha value is 3.32. The maximum atomic E-state index is 0. The Morgan fingerprint density at radius 1 is 0.333 bits per heavy atom. The van der Waals surface area contributed by atoms with E-state index in [0.717, 1.165) is 0 Å². The smallest absolute Gasteiger partial charge is 0.114 e. The van der Waals surface area contributed by atoms with Crippen LogP contribution >= 0.6 is 123 Å². The molecular weight excluding hydrogens is 448 g/mol. The van der Waals surface area contributed by atoms with Crippen LogP contribution in [0.4, 0.5) is 0 Å². The zero-order chi connectivity index (χ0) is 0. The first-order valence-electron chi connectivity index (χ1n) is 0. The highest BCUT2D eigenvalue weighted by Crippen LogP contribution is 0.861. The van der Waals surface area contributed by atoms with Crippen molar-refractivity contribution in [3.8, 4) is 0 Å². The zero-order valence-corrected chi connectivity index (χ0v) is 14.6. The van der Waals surface area contributed by atoms with Gasteiger partial charge in [-0.05, 0) is 0 Å². The van der Waals surface area contributed by atoms with Crippen LogP contribution in [0.1, 0.15) is 0 Å². The summed E-state index contributed by atoms with van der Waals surface area (Å²) in [6, 6.07) is 0. The molecule has 0 saturated heterocycles. The normalized spacial score (nSPS) is 0. The van der Waals surface area contributed by atoms with Crippen molar-refractivity contribution in [1.29, 1.82) is 0 Å². The van der Waals surface area contributed by atoms with E-state index in [1.54, 1.807) is 0 Å². The first kappa shape index (κ1) is 143. The summed E-state index contributed by atoms with van der Waals surface area (Å²) in [5, 5.41) is 0. The third-order valence-corrected chi connectivity index (χ3v) is 0. The van der Waals surface area contributed by atoms with E-state index < -0.39 is 0 Å². The molecule has 0 bridgehead atoms. The number of rotatable bonds is 0. The van der Waals surface area contributed by atoms with Gasteiger partial charge in [-0.15, -0.1) is 113 Å². The van der Waals surface area contributed by atoms with E-state index in [1.807, 2.05) is 0 Å². The topological polar surface area (TPSA) is 0 Å². The van der Waals surface area contributed by atoms with Crippen LogP contribution in [0.25, 0.3) is 0 Å². The van der Waals surface area contributed by atoms with Crippen molar-refractivity contribution in [2.75, 3.05) is 0 Å². The molecule has 0 radical (unpaired) electrons. The van der Waals surface area contributed by atoms with Crippen LogP contribution < -0.4 is 0 Å². The minimum absolute atomic E-state index is 0. The SMILES string of the molecule is Br.Br.Br.Cl.Cl.Cl.Cl.Cl.P. The van der Waals surface area contributed by atoms with Gasteiger partial charge in [0.05, 0.1) is 0 Å². The second-order valence-electron chi connectivity index (χ2n) is 0. The molecule has 0 spiro atoms. The van der Waals surface area contributed by atoms with Crippen molar-refractivity contribution in [2.24, 2.45) is 0 Å². The van der Waals surface area contributed by atoms with Crippen LogP contribution in [-0.2, 0) is 0 Å². The molecule has 9 heteroatoms. The fourth-order valence-corrected chi connectivity index (χ4v) is 0. The van der Waals surface area contributed by atoms with Crippen LogP contribution in [0.2, 0.25) is 0 Å². The lowest BCUT2D eigenvalue weighted by molar-refractivity contribution is 5.85. The summed E-state index contributed by atoms with van der Waals surface area (Å²) in [6.45, 7) is 0. The summed E-state index contributed by atoms with van der Waals surface area (Å²) in [4.78, 5) is 0. The van der Waals surface area contributed by atoms with Crippen molar-refractivity contribution in [1.82, 2.24) is 0 Å². The van der Waals surface area contributed by atoms with E-state index in [1.165, 1.54) is 0 Å². The van der Waals surface area contributed by atoms with Crippen molar-refractivity contribution in [3.63, 3.8) is 0 Å². The molecule has 0 aliphatic heterocycles. The maximum absolute atomic E-state index is 0. The second kappa shape index (κ2) is 109. The summed E-state index contributed by atoms with van der Waals surface area (Å²) < 4.78 is 0.